The maximum absolute atomic E-state index is 12.1. The summed E-state index contributed by atoms with van der Waals surface area (Å²) in [6, 6.07) is 3.17. The van der Waals surface area contributed by atoms with Crippen LogP contribution in [0.1, 0.15) is 11.7 Å². The molecule has 112 valence electrons. The lowest BCUT2D eigenvalue weighted by Gasteiger charge is -2.07. The van der Waals surface area contributed by atoms with Gasteiger partial charge in [-0.3, -0.25) is 10.1 Å². The van der Waals surface area contributed by atoms with Crippen molar-refractivity contribution in [1.29, 1.82) is 0 Å². The number of nitrogens with zero attached hydrogens (tertiary/aromatic N) is 3. The molecule has 10 nitrogen and oxygen atoms in total. The van der Waals surface area contributed by atoms with E-state index in [9.17, 15) is 18.5 Å². The third kappa shape index (κ3) is 3.32. The fraction of sp³-hybridized carbons (Fsp3) is 0.200. The molecule has 1 heterocycles. The van der Waals surface area contributed by atoms with Gasteiger partial charge in [-0.25, -0.2) is 13.1 Å². The number of non-ortho nitro benzene ring substituents is 1. The Labute approximate surface area is 119 Å². The highest BCUT2D eigenvalue weighted by molar-refractivity contribution is 7.89. The summed E-state index contributed by atoms with van der Waals surface area (Å²) < 4.78 is 31.1. The molecule has 0 aliphatic carbocycles. The number of nitrogen functional groups attached to an aromatic ring is 1. The van der Waals surface area contributed by atoms with Crippen molar-refractivity contribution in [3.63, 3.8) is 0 Å². The fourth-order valence-corrected chi connectivity index (χ4v) is 2.65. The number of benzene rings is 1. The Morgan fingerprint density at radius 2 is 2.19 bits per heavy atom. The van der Waals surface area contributed by atoms with Gasteiger partial charge in [-0.15, -0.1) is 0 Å². The number of nitro groups is 1. The summed E-state index contributed by atoms with van der Waals surface area (Å²) in [7, 11) is -4.04. The van der Waals surface area contributed by atoms with E-state index in [-0.39, 0.29) is 28.6 Å². The van der Waals surface area contributed by atoms with Crippen molar-refractivity contribution < 1.29 is 17.9 Å². The van der Waals surface area contributed by atoms with E-state index in [1.165, 1.54) is 0 Å². The molecule has 0 fully saturated rings. The molecule has 2 aromatic rings. The van der Waals surface area contributed by atoms with Crippen LogP contribution in [0.25, 0.3) is 0 Å². The summed E-state index contributed by atoms with van der Waals surface area (Å²) in [6.07, 6.45) is 0. The van der Waals surface area contributed by atoms with E-state index in [0.717, 1.165) is 18.2 Å². The molecule has 0 aliphatic heterocycles. The predicted molar refractivity (Wildman–Crippen MR) is 70.6 cm³/mol. The zero-order valence-corrected chi connectivity index (χ0v) is 11.6. The summed E-state index contributed by atoms with van der Waals surface area (Å²) in [5.41, 5.74) is 5.08. The second kappa shape index (κ2) is 5.46. The standard InChI is InChI=1S/C10H11N5O5S/c1-6-13-10(14-20-6)5-12-21(18,19)9-4-7(15(16)17)2-3-8(9)11/h2-4,12H,5,11H2,1H3. The third-order valence-electron chi connectivity index (χ3n) is 2.49. The molecule has 0 unspecified atom stereocenters. The highest BCUT2D eigenvalue weighted by Crippen LogP contribution is 2.23. The molecule has 0 spiro atoms. The first kappa shape index (κ1) is 14.9. The van der Waals surface area contributed by atoms with Crippen LogP contribution in [-0.4, -0.2) is 23.5 Å². The molecule has 0 saturated heterocycles. The molecule has 3 N–H and O–H groups in total. The van der Waals surface area contributed by atoms with E-state index in [4.69, 9.17) is 10.3 Å². The van der Waals surface area contributed by atoms with E-state index >= 15 is 0 Å². The van der Waals surface area contributed by atoms with Crippen LogP contribution >= 0.6 is 0 Å². The van der Waals surface area contributed by atoms with Crippen molar-refractivity contribution in [2.45, 2.75) is 18.4 Å². The molecular weight excluding hydrogens is 302 g/mol. The fourth-order valence-electron chi connectivity index (χ4n) is 1.52. The second-order valence-corrected chi connectivity index (χ2v) is 5.77. The smallest absolute Gasteiger partial charge is 0.270 e. The van der Waals surface area contributed by atoms with Gasteiger partial charge in [0.2, 0.25) is 15.9 Å². The average Bonchev–Trinajstić information content (AvgIpc) is 2.82. The first-order chi connectivity index (χ1) is 9.79. The Morgan fingerprint density at radius 1 is 1.48 bits per heavy atom. The first-order valence-corrected chi connectivity index (χ1v) is 7.10. The van der Waals surface area contributed by atoms with Gasteiger partial charge in [0.25, 0.3) is 5.69 Å². The molecule has 0 atom stereocenters. The van der Waals surface area contributed by atoms with Gasteiger partial charge in [-0.1, -0.05) is 5.16 Å². The minimum atomic E-state index is -4.04. The molecular formula is C10H11N5O5S. The largest absolute Gasteiger partial charge is 0.398 e. The predicted octanol–water partition coefficient (Wildman–Crippen LogP) is 0.347. The van der Waals surface area contributed by atoms with Crippen molar-refractivity contribution in [2.75, 3.05) is 5.73 Å². The molecule has 0 bridgehead atoms. The lowest BCUT2D eigenvalue weighted by Crippen LogP contribution is -2.24. The number of rotatable bonds is 5. The van der Waals surface area contributed by atoms with E-state index < -0.39 is 14.9 Å². The van der Waals surface area contributed by atoms with Crippen molar-refractivity contribution in [1.82, 2.24) is 14.9 Å². The SMILES string of the molecule is Cc1nc(CNS(=O)(=O)c2cc([N+](=O)[O-])ccc2N)no1. The monoisotopic (exact) mass is 313 g/mol. The highest BCUT2D eigenvalue weighted by Gasteiger charge is 2.21. The number of nitrogens with two attached hydrogens (primary N) is 1. The van der Waals surface area contributed by atoms with E-state index in [0.29, 0.717) is 5.89 Å². The quantitative estimate of drug-likeness (QED) is 0.455. The normalized spacial score (nSPS) is 11.5. The maximum Gasteiger partial charge on any atom is 0.270 e. The lowest BCUT2D eigenvalue weighted by atomic mass is 10.3. The van der Waals surface area contributed by atoms with E-state index in [1.807, 2.05) is 0 Å². The molecule has 0 saturated carbocycles. The number of nitrogens with one attached hydrogen (secondary N) is 1. The summed E-state index contributed by atoms with van der Waals surface area (Å²) in [4.78, 5) is 13.4. The van der Waals surface area contributed by atoms with Crippen molar-refractivity contribution >= 4 is 21.4 Å². The first-order valence-electron chi connectivity index (χ1n) is 5.62. The highest BCUT2D eigenvalue weighted by atomic mass is 32.2. The summed E-state index contributed by atoms with van der Waals surface area (Å²) >= 11 is 0. The Bertz CT molecular complexity index is 785. The second-order valence-electron chi connectivity index (χ2n) is 4.03. The number of anilines is 1. The van der Waals surface area contributed by atoms with Crippen LogP contribution in [-0.2, 0) is 16.6 Å². The molecule has 0 radical (unpaired) electrons. The van der Waals surface area contributed by atoms with Crippen molar-refractivity contribution in [3.05, 3.63) is 40.0 Å². The minimum Gasteiger partial charge on any atom is -0.398 e. The zero-order chi connectivity index (χ0) is 15.6. The van der Waals surface area contributed by atoms with Crippen molar-refractivity contribution in [3.8, 4) is 0 Å². The number of sulfonamides is 1. The lowest BCUT2D eigenvalue weighted by molar-refractivity contribution is -0.385. The summed E-state index contributed by atoms with van der Waals surface area (Å²) in [5, 5.41) is 14.2. The van der Waals surface area contributed by atoms with Crippen LogP contribution in [0.4, 0.5) is 11.4 Å². The van der Waals surface area contributed by atoms with Crippen LogP contribution in [0, 0.1) is 17.0 Å². The van der Waals surface area contributed by atoms with Gasteiger partial charge in [0.05, 0.1) is 17.2 Å². The summed E-state index contributed by atoms with van der Waals surface area (Å²) in [5.74, 6) is 0.430. The van der Waals surface area contributed by atoms with Crippen LogP contribution in [0.3, 0.4) is 0 Å². The molecule has 0 amide bonds. The number of nitro benzene ring substituents is 1. The summed E-state index contributed by atoms with van der Waals surface area (Å²) in [6.45, 7) is 1.34. The van der Waals surface area contributed by atoms with Crippen LogP contribution in [0.5, 0.6) is 0 Å². The van der Waals surface area contributed by atoms with Gasteiger partial charge in [0.15, 0.2) is 5.82 Å². The Hall–Kier alpha value is -2.53. The number of aryl methyl sites for hydroxylation is 1. The van der Waals surface area contributed by atoms with Gasteiger partial charge < -0.3 is 10.3 Å². The maximum atomic E-state index is 12.1. The van der Waals surface area contributed by atoms with Gasteiger partial charge >= 0.3 is 0 Å². The van der Waals surface area contributed by atoms with Crippen LogP contribution in [0.2, 0.25) is 0 Å². The molecule has 0 aliphatic rings. The average molecular weight is 313 g/mol. The number of hydrogen-bond acceptors (Lipinski definition) is 8. The zero-order valence-electron chi connectivity index (χ0n) is 10.8. The van der Waals surface area contributed by atoms with Gasteiger partial charge in [0.1, 0.15) is 4.90 Å². The topological polar surface area (TPSA) is 154 Å². The molecule has 1 aromatic heterocycles. The third-order valence-corrected chi connectivity index (χ3v) is 3.94. The molecule has 2 rings (SSSR count). The molecule has 21 heavy (non-hydrogen) atoms. The number of hydrogen-bond donors (Lipinski definition) is 2. The Morgan fingerprint density at radius 3 is 2.76 bits per heavy atom. The van der Waals surface area contributed by atoms with Crippen molar-refractivity contribution in [2.24, 2.45) is 0 Å². The number of aromatic nitrogens is 2. The van der Waals surface area contributed by atoms with E-state index in [1.54, 1.807) is 6.92 Å². The van der Waals surface area contributed by atoms with Gasteiger partial charge in [-0.2, -0.15) is 4.98 Å². The van der Waals surface area contributed by atoms with Gasteiger partial charge in [0, 0.05) is 19.1 Å². The van der Waals surface area contributed by atoms with Crippen LogP contribution in [0.15, 0.2) is 27.6 Å². The Balaban J connectivity index is 2.26. The van der Waals surface area contributed by atoms with E-state index in [2.05, 4.69) is 14.9 Å². The van der Waals surface area contributed by atoms with Crippen LogP contribution < -0.4 is 10.5 Å². The van der Waals surface area contributed by atoms with Gasteiger partial charge in [-0.05, 0) is 6.07 Å². The Kier molecular flexibility index (Phi) is 3.86. The minimum absolute atomic E-state index is 0.0996. The molecule has 1 aromatic carbocycles. The molecule has 11 heteroatoms.